The molecular weight excluding hydrogens is 578 g/mol. The van der Waals surface area contributed by atoms with E-state index in [1.54, 1.807) is 24.3 Å². The number of hydrogen-bond donors (Lipinski definition) is 8. The van der Waals surface area contributed by atoms with Gasteiger partial charge in [-0.05, 0) is 30.5 Å². The maximum atomic E-state index is 13.6. The predicted octanol–water partition coefficient (Wildman–Crippen LogP) is -2.65. The second-order valence-electron chi connectivity index (χ2n) is 10.1. The van der Waals surface area contributed by atoms with Gasteiger partial charge in [-0.1, -0.05) is 12.1 Å². The summed E-state index contributed by atoms with van der Waals surface area (Å²) in [6.45, 7) is 0.265. The van der Waals surface area contributed by atoms with Crippen LogP contribution in [-0.2, 0) is 25.5 Å². The molecule has 6 atom stereocenters. The van der Waals surface area contributed by atoms with Gasteiger partial charge in [0.05, 0.1) is 25.5 Å². The zero-order valence-electron chi connectivity index (χ0n) is 23.7. The molecule has 0 radical (unpaired) electrons. The summed E-state index contributed by atoms with van der Waals surface area (Å²) < 4.78 is 12.1. The number of guanidine groups is 1. The molecule has 1 aliphatic rings. The fourth-order valence-electron chi connectivity index (χ4n) is 4.73. The van der Waals surface area contributed by atoms with Crippen molar-refractivity contribution < 1.29 is 34.1 Å². The van der Waals surface area contributed by atoms with Gasteiger partial charge in [0.15, 0.2) is 29.8 Å². The number of nitrogens with one attached hydrogen (secondary N) is 2. The monoisotopic (exact) mass is 613 g/mol. The number of hydrogen-bond acceptors (Lipinski definition) is 12. The van der Waals surface area contributed by atoms with Gasteiger partial charge >= 0.3 is 5.97 Å². The number of aliphatic hydroxyl groups is 1. The topological polar surface area (TPSA) is 294 Å². The minimum Gasteiger partial charge on any atom is -0.497 e. The highest BCUT2D eigenvalue weighted by Crippen LogP contribution is 2.32. The maximum absolute atomic E-state index is 13.6. The Bertz CT molecular complexity index is 1510. The van der Waals surface area contributed by atoms with E-state index in [2.05, 4.69) is 30.6 Å². The number of carbonyl (C=O) groups excluding carboxylic acids is 2. The normalized spacial score (nSPS) is 20.9. The smallest absolute Gasteiger partial charge is 0.335 e. The summed E-state index contributed by atoms with van der Waals surface area (Å²) in [4.78, 5) is 54.7. The molecule has 3 aromatic rings. The summed E-state index contributed by atoms with van der Waals surface area (Å²) in [5.74, 6) is -2.26. The number of aliphatic imine (C=N–C) groups is 1. The molecule has 0 aliphatic carbocycles. The second kappa shape index (κ2) is 13.9. The van der Waals surface area contributed by atoms with Crippen LogP contribution < -0.4 is 38.3 Å². The van der Waals surface area contributed by atoms with E-state index in [0.717, 1.165) is 0 Å². The van der Waals surface area contributed by atoms with Crippen molar-refractivity contribution in [1.29, 1.82) is 0 Å². The van der Waals surface area contributed by atoms with Gasteiger partial charge in [0, 0.05) is 13.0 Å². The Labute approximate surface area is 250 Å². The summed E-state index contributed by atoms with van der Waals surface area (Å²) in [5.41, 5.74) is 23.6. The number of ether oxygens (including phenoxy) is 2. The molecule has 1 aromatic carbocycles. The number of anilines is 1. The number of carbonyl (C=O) groups is 3. The number of nitrogens with two attached hydrogens (primary N) is 4. The van der Waals surface area contributed by atoms with Gasteiger partial charge in [0.1, 0.15) is 29.7 Å². The minimum absolute atomic E-state index is 0.00941. The number of aliphatic hydroxyl groups excluding tert-OH is 1. The van der Waals surface area contributed by atoms with E-state index in [0.29, 0.717) is 17.7 Å². The van der Waals surface area contributed by atoms with E-state index >= 15 is 0 Å². The standard InChI is InChI=1S/C26H35N11O7/c1-43-13-6-4-12(5-7-13)9-15(35-22(39)14(27)3-2-8-31-26(29)30)23(40)36-16-18(38)24(44-19(16)25(41)42)37-11-34-17-20(28)32-10-33-21(17)37/h4-7,10-11,14-16,18-19,24,38H,2-3,8-9,27H2,1H3,(H,35,39)(H,36,40)(H,41,42)(H2,28,32,33)(H4,29,30,31)/t14-,15+,16+,18-,19+,24-/m1/s1. The van der Waals surface area contributed by atoms with Crippen molar-refractivity contribution in [3.8, 4) is 5.75 Å². The van der Waals surface area contributed by atoms with Gasteiger partial charge in [-0.15, -0.1) is 0 Å². The Balaban J connectivity index is 1.54. The summed E-state index contributed by atoms with van der Waals surface area (Å²) in [6, 6.07) is 3.17. The summed E-state index contributed by atoms with van der Waals surface area (Å²) >= 11 is 0. The summed E-state index contributed by atoms with van der Waals surface area (Å²) in [5, 5.41) is 26.3. The Morgan fingerprint density at radius 1 is 1.16 bits per heavy atom. The molecule has 1 fully saturated rings. The highest BCUT2D eigenvalue weighted by molar-refractivity contribution is 5.90. The van der Waals surface area contributed by atoms with Crippen molar-refractivity contribution in [2.75, 3.05) is 19.4 Å². The van der Waals surface area contributed by atoms with Gasteiger partial charge in [-0.2, -0.15) is 0 Å². The van der Waals surface area contributed by atoms with Gasteiger partial charge in [-0.3, -0.25) is 19.1 Å². The van der Waals surface area contributed by atoms with Crippen LogP contribution in [0.2, 0.25) is 0 Å². The molecule has 44 heavy (non-hydrogen) atoms. The fraction of sp³-hybridized carbons (Fsp3) is 0.423. The number of aromatic nitrogens is 4. The van der Waals surface area contributed by atoms with E-state index < -0.39 is 54.3 Å². The molecule has 0 bridgehead atoms. The molecule has 12 N–H and O–H groups in total. The molecular formula is C26H35N11O7. The van der Waals surface area contributed by atoms with Crippen LogP contribution in [0.3, 0.4) is 0 Å². The van der Waals surface area contributed by atoms with E-state index in [1.807, 2.05) is 0 Å². The Kier molecular flexibility index (Phi) is 10.1. The zero-order chi connectivity index (χ0) is 32.0. The molecule has 18 nitrogen and oxygen atoms in total. The highest BCUT2D eigenvalue weighted by atomic mass is 16.6. The number of nitrogens with zero attached hydrogens (tertiary/aromatic N) is 5. The third-order valence-corrected chi connectivity index (χ3v) is 7.02. The number of carboxylic acids is 1. The lowest BCUT2D eigenvalue weighted by Crippen LogP contribution is -2.57. The highest BCUT2D eigenvalue weighted by Gasteiger charge is 2.50. The summed E-state index contributed by atoms with van der Waals surface area (Å²) in [7, 11) is 1.51. The molecule has 3 heterocycles. The number of benzene rings is 1. The molecule has 1 aliphatic heterocycles. The van der Waals surface area contributed by atoms with Gasteiger partial charge in [0.2, 0.25) is 11.8 Å². The van der Waals surface area contributed by atoms with Crippen LogP contribution >= 0.6 is 0 Å². The predicted molar refractivity (Wildman–Crippen MR) is 156 cm³/mol. The average molecular weight is 614 g/mol. The van der Waals surface area contributed by atoms with E-state index in [1.165, 1.54) is 24.3 Å². The number of methoxy groups -OCH3 is 1. The van der Waals surface area contributed by atoms with Crippen LogP contribution in [0.1, 0.15) is 24.6 Å². The first-order valence-corrected chi connectivity index (χ1v) is 13.5. The second-order valence-corrected chi connectivity index (χ2v) is 10.1. The quantitative estimate of drug-likeness (QED) is 0.0555. The van der Waals surface area contributed by atoms with Gasteiger partial charge < -0.3 is 53.3 Å². The number of imidazole rings is 1. The molecule has 0 spiro atoms. The van der Waals surface area contributed by atoms with Crippen molar-refractivity contribution in [3.63, 3.8) is 0 Å². The van der Waals surface area contributed by atoms with Gasteiger partial charge in [-0.25, -0.2) is 19.7 Å². The number of aliphatic carboxylic acids is 1. The lowest BCUT2D eigenvalue weighted by molar-refractivity contribution is -0.152. The minimum atomic E-state index is -1.66. The lowest BCUT2D eigenvalue weighted by Gasteiger charge is -2.25. The SMILES string of the molecule is COc1ccc(C[C@H](NC(=O)[C@H](N)CCCN=C(N)N)C(=O)N[C@H]2[C@@H](O)[C@H](n3cnc4c(N)ncnc43)O[C@@H]2C(=O)O)cc1. The Morgan fingerprint density at radius 2 is 1.89 bits per heavy atom. The lowest BCUT2D eigenvalue weighted by atomic mass is 10.0. The van der Waals surface area contributed by atoms with Crippen LogP contribution in [0, 0.1) is 0 Å². The largest absolute Gasteiger partial charge is 0.497 e. The van der Waals surface area contributed by atoms with E-state index in [4.69, 9.17) is 32.4 Å². The van der Waals surface area contributed by atoms with Crippen LogP contribution in [-0.4, -0.2) is 97.5 Å². The first kappa shape index (κ1) is 31.9. The Morgan fingerprint density at radius 3 is 2.55 bits per heavy atom. The number of carboxylic acid groups (broad SMARTS) is 1. The molecule has 236 valence electrons. The number of amides is 2. The number of fused-ring (bicyclic) bond motifs is 1. The van der Waals surface area contributed by atoms with Crippen molar-refractivity contribution in [2.24, 2.45) is 22.2 Å². The first-order chi connectivity index (χ1) is 21.0. The maximum Gasteiger partial charge on any atom is 0.335 e. The molecule has 4 rings (SSSR count). The van der Waals surface area contributed by atoms with Crippen molar-refractivity contribution in [1.82, 2.24) is 30.2 Å². The van der Waals surface area contributed by atoms with Crippen LogP contribution in [0.5, 0.6) is 5.75 Å². The number of rotatable bonds is 13. The third-order valence-electron chi connectivity index (χ3n) is 7.02. The van der Waals surface area contributed by atoms with E-state index in [-0.39, 0.29) is 42.3 Å². The molecule has 18 heteroatoms. The summed E-state index contributed by atoms with van der Waals surface area (Å²) in [6.07, 6.45) is -1.42. The number of nitrogen functional groups attached to an aromatic ring is 1. The van der Waals surface area contributed by atoms with Crippen LogP contribution in [0.15, 0.2) is 41.9 Å². The first-order valence-electron chi connectivity index (χ1n) is 13.5. The zero-order valence-corrected chi connectivity index (χ0v) is 23.7. The Hall–Kier alpha value is -5.07. The van der Waals surface area contributed by atoms with E-state index in [9.17, 15) is 24.6 Å². The molecule has 0 saturated carbocycles. The van der Waals surface area contributed by atoms with Crippen molar-refractivity contribution >= 4 is 40.7 Å². The third kappa shape index (κ3) is 7.28. The van der Waals surface area contributed by atoms with Crippen LogP contribution in [0.25, 0.3) is 11.2 Å². The molecule has 1 saturated heterocycles. The molecule has 2 amide bonds. The molecule has 2 aromatic heterocycles. The van der Waals surface area contributed by atoms with Crippen molar-refractivity contribution in [3.05, 3.63) is 42.5 Å². The molecule has 0 unspecified atom stereocenters. The van der Waals surface area contributed by atoms with Crippen LogP contribution in [0.4, 0.5) is 5.82 Å². The average Bonchev–Trinajstić information content (AvgIpc) is 3.56. The fourth-order valence-corrected chi connectivity index (χ4v) is 4.73. The van der Waals surface area contributed by atoms with Crippen molar-refractivity contribution in [2.45, 2.75) is 55.8 Å². The van der Waals surface area contributed by atoms with Gasteiger partial charge in [0.25, 0.3) is 0 Å².